The van der Waals surface area contributed by atoms with Gasteiger partial charge < -0.3 is 10.1 Å². The fourth-order valence-corrected chi connectivity index (χ4v) is 2.73. The molecule has 100 valence electrons. The van der Waals surface area contributed by atoms with Crippen LogP contribution in [0.2, 0.25) is 0 Å². The molecule has 6 heteroatoms. The molecule has 0 spiro atoms. The van der Waals surface area contributed by atoms with E-state index in [1.54, 1.807) is 24.4 Å². The Morgan fingerprint density at radius 3 is 2.75 bits per heavy atom. The van der Waals surface area contributed by atoms with E-state index in [0.29, 0.717) is 10.6 Å². The molecule has 0 aliphatic carbocycles. The third-order valence-corrected chi connectivity index (χ3v) is 3.66. The summed E-state index contributed by atoms with van der Waals surface area (Å²) in [6.07, 6.45) is 3.37. The van der Waals surface area contributed by atoms with Crippen molar-refractivity contribution in [3.8, 4) is 5.75 Å². The molecule has 1 saturated heterocycles. The third-order valence-electron chi connectivity index (χ3n) is 2.79. The monoisotopic (exact) mass is 286 g/mol. The fourth-order valence-electron chi connectivity index (χ4n) is 1.90. The van der Waals surface area contributed by atoms with Crippen molar-refractivity contribution in [2.75, 3.05) is 4.90 Å². The maximum atomic E-state index is 12.3. The van der Waals surface area contributed by atoms with Crippen molar-refractivity contribution < 1.29 is 14.7 Å². The molecule has 2 aromatic rings. The molecule has 3 rings (SSSR count). The summed E-state index contributed by atoms with van der Waals surface area (Å²) >= 11 is 0.878. The highest BCUT2D eigenvalue weighted by molar-refractivity contribution is 8.19. The van der Waals surface area contributed by atoms with E-state index in [9.17, 15) is 14.7 Å². The summed E-state index contributed by atoms with van der Waals surface area (Å²) in [5, 5.41) is 9.07. The minimum atomic E-state index is -0.389. The van der Waals surface area contributed by atoms with Crippen molar-refractivity contribution in [2.45, 2.75) is 0 Å². The number of anilines is 1. The number of nitrogens with one attached hydrogen (secondary N) is 1. The van der Waals surface area contributed by atoms with Gasteiger partial charge >= 0.3 is 0 Å². The van der Waals surface area contributed by atoms with Gasteiger partial charge in [0.05, 0.1) is 10.6 Å². The van der Waals surface area contributed by atoms with Gasteiger partial charge in [-0.05, 0) is 42.1 Å². The van der Waals surface area contributed by atoms with Crippen molar-refractivity contribution in [2.24, 2.45) is 0 Å². The Balaban J connectivity index is 1.95. The van der Waals surface area contributed by atoms with Crippen molar-refractivity contribution in [3.05, 3.63) is 53.2 Å². The Morgan fingerprint density at radius 1 is 1.20 bits per heavy atom. The van der Waals surface area contributed by atoms with Crippen LogP contribution in [0.5, 0.6) is 5.75 Å². The second kappa shape index (κ2) is 4.90. The van der Waals surface area contributed by atoms with Gasteiger partial charge in [-0.1, -0.05) is 6.07 Å². The molecular weight excluding hydrogens is 276 g/mol. The summed E-state index contributed by atoms with van der Waals surface area (Å²) in [6, 6.07) is 9.68. The SMILES string of the molecule is O=C1SC(=Cc2ccc[nH]2)C(=O)N1c1cccc(O)c1. The number of imide groups is 1. The largest absolute Gasteiger partial charge is 0.508 e. The molecule has 20 heavy (non-hydrogen) atoms. The number of phenolic OH excluding ortho intramolecular Hbond substituents is 1. The van der Waals surface area contributed by atoms with Gasteiger partial charge in [-0.3, -0.25) is 9.59 Å². The van der Waals surface area contributed by atoms with E-state index in [-0.39, 0.29) is 16.9 Å². The molecule has 2 amide bonds. The molecule has 0 saturated carbocycles. The van der Waals surface area contributed by atoms with Crippen LogP contribution < -0.4 is 4.90 Å². The van der Waals surface area contributed by atoms with Crippen molar-refractivity contribution in [1.82, 2.24) is 4.98 Å². The number of aromatic amines is 1. The van der Waals surface area contributed by atoms with Crippen LogP contribution in [0, 0.1) is 0 Å². The number of aromatic hydroxyl groups is 1. The number of carbonyl (C=O) groups excluding carboxylic acids is 2. The van der Waals surface area contributed by atoms with Gasteiger partial charge in [0.1, 0.15) is 5.75 Å². The topological polar surface area (TPSA) is 73.4 Å². The van der Waals surface area contributed by atoms with Gasteiger partial charge in [-0.15, -0.1) is 0 Å². The number of thioether (sulfide) groups is 1. The predicted molar refractivity (Wildman–Crippen MR) is 77.3 cm³/mol. The number of H-pyrrole nitrogens is 1. The molecule has 2 N–H and O–H groups in total. The standard InChI is InChI=1S/C14H10N2O3S/c17-11-5-1-4-10(8-11)16-13(18)12(20-14(16)19)7-9-3-2-6-15-9/h1-8,15,17H. The predicted octanol–water partition coefficient (Wildman–Crippen LogP) is 2.96. The maximum absolute atomic E-state index is 12.3. The third kappa shape index (κ3) is 2.21. The normalized spacial score (nSPS) is 17.2. The summed E-state index contributed by atoms with van der Waals surface area (Å²) < 4.78 is 0. The van der Waals surface area contributed by atoms with E-state index in [1.165, 1.54) is 12.1 Å². The Labute approximate surface area is 118 Å². The van der Waals surface area contributed by atoms with Crippen molar-refractivity contribution in [3.63, 3.8) is 0 Å². The van der Waals surface area contributed by atoms with Gasteiger partial charge in [0.25, 0.3) is 11.1 Å². The van der Waals surface area contributed by atoms with Crippen molar-refractivity contribution >= 4 is 34.7 Å². The average Bonchev–Trinajstić information content (AvgIpc) is 2.99. The first-order valence-electron chi connectivity index (χ1n) is 5.85. The van der Waals surface area contributed by atoms with E-state index in [0.717, 1.165) is 22.4 Å². The molecule has 0 bridgehead atoms. The van der Waals surface area contributed by atoms with E-state index in [2.05, 4.69) is 4.98 Å². The number of aromatic nitrogens is 1. The zero-order chi connectivity index (χ0) is 14.1. The van der Waals surface area contributed by atoms with Crippen LogP contribution in [0.1, 0.15) is 5.69 Å². The Hall–Kier alpha value is -2.47. The number of hydrogen-bond donors (Lipinski definition) is 2. The Morgan fingerprint density at radius 2 is 2.05 bits per heavy atom. The van der Waals surface area contributed by atoms with Gasteiger partial charge in [-0.2, -0.15) is 0 Å². The summed E-state index contributed by atoms with van der Waals surface area (Å²) in [5.74, 6) is -0.380. The fraction of sp³-hybridized carbons (Fsp3) is 0. The highest BCUT2D eigenvalue weighted by atomic mass is 32.2. The van der Waals surface area contributed by atoms with E-state index in [1.807, 2.05) is 12.1 Å². The number of rotatable bonds is 2. The van der Waals surface area contributed by atoms with Gasteiger partial charge in [-0.25, -0.2) is 4.90 Å². The van der Waals surface area contributed by atoms with E-state index >= 15 is 0 Å². The van der Waals surface area contributed by atoms with Gasteiger partial charge in [0.2, 0.25) is 0 Å². The molecule has 1 aliphatic heterocycles. The maximum Gasteiger partial charge on any atom is 0.298 e. The summed E-state index contributed by atoms with van der Waals surface area (Å²) in [5.41, 5.74) is 1.12. The van der Waals surface area contributed by atoms with Crippen LogP contribution in [-0.2, 0) is 4.79 Å². The molecule has 5 nitrogen and oxygen atoms in total. The number of benzene rings is 1. The van der Waals surface area contributed by atoms with E-state index in [4.69, 9.17) is 0 Å². The van der Waals surface area contributed by atoms with Gasteiger partial charge in [0, 0.05) is 18.0 Å². The van der Waals surface area contributed by atoms with Crippen LogP contribution in [0.4, 0.5) is 10.5 Å². The average molecular weight is 286 g/mol. The highest BCUT2D eigenvalue weighted by Gasteiger charge is 2.36. The highest BCUT2D eigenvalue weighted by Crippen LogP contribution is 2.36. The lowest BCUT2D eigenvalue weighted by Crippen LogP contribution is -2.27. The lowest BCUT2D eigenvalue weighted by atomic mass is 10.2. The van der Waals surface area contributed by atoms with Crippen LogP contribution >= 0.6 is 11.8 Å². The second-order valence-corrected chi connectivity index (χ2v) is 5.16. The first-order chi connectivity index (χ1) is 9.65. The zero-order valence-corrected chi connectivity index (χ0v) is 11.1. The molecule has 0 atom stereocenters. The number of hydrogen-bond acceptors (Lipinski definition) is 4. The molecule has 0 unspecified atom stereocenters. The van der Waals surface area contributed by atoms with E-state index < -0.39 is 0 Å². The van der Waals surface area contributed by atoms with Crippen LogP contribution in [0.15, 0.2) is 47.5 Å². The number of amides is 2. The summed E-state index contributed by atoms with van der Waals surface area (Å²) in [6.45, 7) is 0. The first-order valence-corrected chi connectivity index (χ1v) is 6.67. The number of phenols is 1. The quantitative estimate of drug-likeness (QED) is 0.832. The molecule has 1 fully saturated rings. The van der Waals surface area contributed by atoms with Crippen LogP contribution in [0.25, 0.3) is 6.08 Å². The van der Waals surface area contributed by atoms with Gasteiger partial charge in [0.15, 0.2) is 0 Å². The molecule has 1 aromatic carbocycles. The number of carbonyl (C=O) groups is 2. The lowest BCUT2D eigenvalue weighted by molar-refractivity contribution is -0.113. The second-order valence-electron chi connectivity index (χ2n) is 4.16. The molecule has 2 heterocycles. The number of nitrogens with zero attached hydrogens (tertiary/aromatic N) is 1. The van der Waals surface area contributed by atoms with Crippen molar-refractivity contribution in [1.29, 1.82) is 0 Å². The van der Waals surface area contributed by atoms with Crippen LogP contribution in [-0.4, -0.2) is 21.2 Å². The minimum Gasteiger partial charge on any atom is -0.508 e. The lowest BCUT2D eigenvalue weighted by Gasteiger charge is -2.12. The minimum absolute atomic E-state index is 0.00916. The zero-order valence-electron chi connectivity index (χ0n) is 10.2. The molecule has 0 radical (unpaired) electrons. The first kappa shape index (κ1) is 12.6. The summed E-state index contributed by atoms with van der Waals surface area (Å²) in [7, 11) is 0. The van der Waals surface area contributed by atoms with Crippen LogP contribution in [0.3, 0.4) is 0 Å². The molecular formula is C14H10N2O3S. The smallest absolute Gasteiger partial charge is 0.298 e. The molecule has 1 aromatic heterocycles. The molecule has 1 aliphatic rings. The Kier molecular flexibility index (Phi) is 3.08. The summed E-state index contributed by atoms with van der Waals surface area (Å²) in [4.78, 5) is 28.6. The Bertz CT molecular complexity index is 707.